The molecule has 0 saturated heterocycles. The molecule has 6 nitrogen and oxygen atoms in total. The lowest BCUT2D eigenvalue weighted by atomic mass is 10.2. The maximum Gasteiger partial charge on any atom is 0.342 e. The van der Waals surface area contributed by atoms with E-state index in [0.29, 0.717) is 18.9 Å². The van der Waals surface area contributed by atoms with E-state index in [2.05, 4.69) is 16.9 Å². The van der Waals surface area contributed by atoms with Crippen LogP contribution in [0.1, 0.15) is 28.7 Å². The molecular weight excluding hydrogens is 272 g/mol. The maximum atomic E-state index is 11.5. The summed E-state index contributed by atoms with van der Waals surface area (Å²) in [5.74, 6) is -0.126. The number of rotatable bonds is 6. The number of hydrogen-bond acceptors (Lipinski definition) is 4. The van der Waals surface area contributed by atoms with E-state index in [9.17, 15) is 9.59 Å². The van der Waals surface area contributed by atoms with Crippen molar-refractivity contribution in [2.75, 3.05) is 6.61 Å². The third-order valence-corrected chi connectivity index (χ3v) is 3.00. The van der Waals surface area contributed by atoms with Crippen LogP contribution in [0.25, 0.3) is 0 Å². The summed E-state index contributed by atoms with van der Waals surface area (Å²) in [7, 11) is 0. The van der Waals surface area contributed by atoms with Gasteiger partial charge < -0.3 is 14.8 Å². The molecule has 0 saturated carbocycles. The molecule has 1 aromatic heterocycles. The van der Waals surface area contributed by atoms with Crippen LogP contribution < -0.4 is 10.3 Å². The normalized spacial score (nSPS) is 10.3. The Morgan fingerprint density at radius 1 is 1.43 bits per heavy atom. The van der Waals surface area contributed by atoms with E-state index in [-0.39, 0.29) is 5.56 Å². The molecule has 1 aromatic carbocycles. The van der Waals surface area contributed by atoms with Crippen LogP contribution in [0.5, 0.6) is 5.75 Å². The van der Waals surface area contributed by atoms with Gasteiger partial charge in [-0.3, -0.25) is 4.79 Å². The number of aromatic carboxylic acids is 1. The van der Waals surface area contributed by atoms with Crippen LogP contribution in [0.15, 0.2) is 35.3 Å². The van der Waals surface area contributed by atoms with Crippen LogP contribution in [-0.2, 0) is 12.8 Å². The number of aromatic nitrogens is 2. The first-order chi connectivity index (χ1) is 10.1. The Hall–Kier alpha value is -2.63. The van der Waals surface area contributed by atoms with E-state index in [1.165, 1.54) is 5.56 Å². The third-order valence-electron chi connectivity index (χ3n) is 3.00. The molecule has 1 heterocycles. The Morgan fingerprint density at radius 2 is 2.24 bits per heavy atom. The second-order valence-electron chi connectivity index (χ2n) is 4.48. The summed E-state index contributed by atoms with van der Waals surface area (Å²) in [6.07, 6.45) is 2.39. The second-order valence-corrected chi connectivity index (χ2v) is 4.48. The van der Waals surface area contributed by atoms with Gasteiger partial charge in [0, 0.05) is 12.6 Å². The summed E-state index contributed by atoms with van der Waals surface area (Å²) in [6.45, 7) is 2.42. The number of ether oxygens (including phenoxy) is 1. The molecule has 0 aliphatic carbocycles. The largest absolute Gasteiger partial charge is 0.493 e. The zero-order chi connectivity index (χ0) is 15.2. The molecule has 2 rings (SSSR count). The standard InChI is InChI=1S/C15H16N2O4/c1-2-10-4-3-5-11(8-10)21-7-6-13-16-9-12(15(19)20)14(18)17-13/h3-5,8-9H,2,6-7H2,1H3,(H,19,20)(H,16,17,18). The fourth-order valence-electron chi connectivity index (χ4n) is 1.83. The number of aryl methyl sites for hydroxylation is 1. The van der Waals surface area contributed by atoms with Crippen LogP contribution in [0, 0.1) is 0 Å². The van der Waals surface area contributed by atoms with E-state index in [4.69, 9.17) is 9.84 Å². The number of carbonyl (C=O) groups is 1. The van der Waals surface area contributed by atoms with Gasteiger partial charge in [0.2, 0.25) is 0 Å². The van der Waals surface area contributed by atoms with Gasteiger partial charge in [0.05, 0.1) is 6.61 Å². The Labute approximate surface area is 121 Å². The highest BCUT2D eigenvalue weighted by Crippen LogP contribution is 2.13. The lowest BCUT2D eigenvalue weighted by molar-refractivity contribution is 0.0694. The quantitative estimate of drug-likeness (QED) is 0.843. The van der Waals surface area contributed by atoms with Crippen molar-refractivity contribution < 1.29 is 14.6 Å². The minimum atomic E-state index is -1.29. The van der Waals surface area contributed by atoms with Crippen LogP contribution in [0.4, 0.5) is 0 Å². The first-order valence-electron chi connectivity index (χ1n) is 6.63. The van der Waals surface area contributed by atoms with Crippen molar-refractivity contribution in [2.45, 2.75) is 19.8 Å². The number of nitrogens with zero attached hydrogens (tertiary/aromatic N) is 1. The monoisotopic (exact) mass is 288 g/mol. The summed E-state index contributed by atoms with van der Waals surface area (Å²) in [4.78, 5) is 28.5. The van der Waals surface area contributed by atoms with Crippen molar-refractivity contribution in [2.24, 2.45) is 0 Å². The summed E-state index contributed by atoms with van der Waals surface area (Å²) in [6, 6.07) is 7.78. The molecule has 0 aliphatic rings. The van der Waals surface area contributed by atoms with Crippen molar-refractivity contribution in [3.63, 3.8) is 0 Å². The number of H-pyrrole nitrogens is 1. The van der Waals surface area contributed by atoms with E-state index in [1.54, 1.807) is 0 Å². The number of carboxylic acids is 1. The molecule has 0 spiro atoms. The predicted molar refractivity (Wildman–Crippen MR) is 76.8 cm³/mol. The minimum absolute atomic E-state index is 0.350. The molecule has 0 amide bonds. The number of hydrogen-bond donors (Lipinski definition) is 2. The molecule has 110 valence electrons. The molecule has 0 atom stereocenters. The van der Waals surface area contributed by atoms with Gasteiger partial charge in [-0.1, -0.05) is 19.1 Å². The van der Waals surface area contributed by atoms with Gasteiger partial charge in [-0.2, -0.15) is 0 Å². The second kappa shape index (κ2) is 6.69. The molecule has 6 heteroatoms. The zero-order valence-corrected chi connectivity index (χ0v) is 11.6. The van der Waals surface area contributed by atoms with Gasteiger partial charge in [0.1, 0.15) is 17.1 Å². The van der Waals surface area contributed by atoms with Crippen LogP contribution in [0.2, 0.25) is 0 Å². The van der Waals surface area contributed by atoms with Gasteiger partial charge in [-0.05, 0) is 24.1 Å². The molecular formula is C15H16N2O4. The fourth-order valence-corrected chi connectivity index (χ4v) is 1.83. The zero-order valence-electron chi connectivity index (χ0n) is 11.6. The van der Waals surface area contributed by atoms with E-state index >= 15 is 0 Å². The van der Waals surface area contributed by atoms with Crippen LogP contribution in [-0.4, -0.2) is 27.7 Å². The molecule has 0 bridgehead atoms. The number of nitrogens with one attached hydrogen (secondary N) is 1. The Kier molecular flexibility index (Phi) is 4.71. The van der Waals surface area contributed by atoms with Gasteiger partial charge in [-0.25, -0.2) is 9.78 Å². The summed E-state index contributed by atoms with van der Waals surface area (Å²) in [5.41, 5.74) is 0.167. The number of benzene rings is 1. The van der Waals surface area contributed by atoms with Crippen molar-refractivity contribution in [3.05, 3.63) is 57.8 Å². The van der Waals surface area contributed by atoms with Crippen LogP contribution >= 0.6 is 0 Å². The highest BCUT2D eigenvalue weighted by molar-refractivity contribution is 5.86. The van der Waals surface area contributed by atoms with Crippen molar-refractivity contribution >= 4 is 5.97 Å². The fraction of sp³-hybridized carbons (Fsp3) is 0.267. The van der Waals surface area contributed by atoms with E-state index in [1.807, 2.05) is 24.3 Å². The van der Waals surface area contributed by atoms with E-state index in [0.717, 1.165) is 18.4 Å². The maximum absolute atomic E-state index is 11.5. The lowest BCUT2D eigenvalue weighted by Gasteiger charge is -2.07. The lowest BCUT2D eigenvalue weighted by Crippen LogP contribution is -2.21. The molecule has 0 aliphatic heterocycles. The Bertz CT molecular complexity index is 694. The first-order valence-corrected chi connectivity index (χ1v) is 6.63. The van der Waals surface area contributed by atoms with Gasteiger partial charge >= 0.3 is 5.97 Å². The molecule has 2 N–H and O–H groups in total. The summed E-state index contributed by atoms with van der Waals surface area (Å²) < 4.78 is 5.59. The van der Waals surface area contributed by atoms with Crippen molar-refractivity contribution in [1.29, 1.82) is 0 Å². The Balaban J connectivity index is 1.95. The predicted octanol–water partition coefficient (Wildman–Crippen LogP) is 1.65. The average Bonchev–Trinajstić information content (AvgIpc) is 2.47. The van der Waals surface area contributed by atoms with Crippen LogP contribution in [0.3, 0.4) is 0 Å². The minimum Gasteiger partial charge on any atom is -0.493 e. The van der Waals surface area contributed by atoms with Gasteiger partial charge in [-0.15, -0.1) is 0 Å². The molecule has 0 unspecified atom stereocenters. The van der Waals surface area contributed by atoms with E-state index < -0.39 is 11.5 Å². The first kappa shape index (κ1) is 14.8. The topological polar surface area (TPSA) is 92.3 Å². The smallest absolute Gasteiger partial charge is 0.342 e. The molecule has 21 heavy (non-hydrogen) atoms. The highest BCUT2D eigenvalue weighted by Gasteiger charge is 2.09. The number of aromatic amines is 1. The molecule has 0 fully saturated rings. The highest BCUT2D eigenvalue weighted by atomic mass is 16.5. The van der Waals surface area contributed by atoms with Crippen molar-refractivity contribution in [3.8, 4) is 5.75 Å². The number of carboxylic acid groups (broad SMARTS) is 1. The summed E-state index contributed by atoms with van der Waals surface area (Å²) >= 11 is 0. The SMILES string of the molecule is CCc1cccc(OCCc2ncc(C(=O)O)c(=O)[nH]2)c1. The Morgan fingerprint density at radius 3 is 2.90 bits per heavy atom. The van der Waals surface area contributed by atoms with Gasteiger partial charge in [0.15, 0.2) is 0 Å². The third kappa shape index (κ3) is 3.92. The summed E-state index contributed by atoms with van der Waals surface area (Å²) in [5, 5.41) is 8.75. The molecule has 0 radical (unpaired) electrons. The molecule has 2 aromatic rings. The average molecular weight is 288 g/mol. The van der Waals surface area contributed by atoms with Crippen molar-refractivity contribution in [1.82, 2.24) is 9.97 Å². The van der Waals surface area contributed by atoms with Gasteiger partial charge in [0.25, 0.3) is 5.56 Å².